The molecule has 21 heavy (non-hydrogen) atoms. The van der Waals surface area contributed by atoms with Crippen LogP contribution in [0.3, 0.4) is 0 Å². The Morgan fingerprint density at radius 1 is 1.29 bits per heavy atom. The molecule has 0 aliphatic rings. The van der Waals surface area contributed by atoms with Crippen LogP contribution in [0, 0.1) is 11.3 Å². The van der Waals surface area contributed by atoms with Crippen LogP contribution >= 0.6 is 11.3 Å². The molecule has 0 radical (unpaired) electrons. The van der Waals surface area contributed by atoms with E-state index in [1.807, 2.05) is 49.6 Å². The number of nitriles is 1. The highest BCUT2D eigenvalue weighted by molar-refractivity contribution is 7.09. The predicted molar refractivity (Wildman–Crippen MR) is 85.2 cm³/mol. The van der Waals surface area contributed by atoms with Gasteiger partial charge in [-0.05, 0) is 26.0 Å². The molecule has 104 valence electrons. The minimum atomic E-state index is -0.380. The first-order chi connectivity index (χ1) is 10.1. The minimum absolute atomic E-state index is 0.380. The molecule has 5 heteroatoms. The summed E-state index contributed by atoms with van der Waals surface area (Å²) in [5, 5.41) is 16.6. The number of para-hydroxylation sites is 1. The number of aromatic nitrogens is 2. The monoisotopic (exact) mass is 294 g/mol. The highest BCUT2D eigenvalue weighted by Crippen LogP contribution is 2.29. The number of nitrogens with one attached hydrogen (secondary N) is 1. The predicted octanol–water partition coefficient (Wildman–Crippen LogP) is 3.91. The molecule has 0 aliphatic carbocycles. The van der Waals surface area contributed by atoms with Crippen molar-refractivity contribution in [1.29, 1.82) is 5.26 Å². The standard InChI is InChI=1S/C16H14N4S/c1-16(2,15-18-7-8-21-15)20-14-12(10-17)9-11-5-3-4-6-13(11)19-14/h3-9H,1-2H3,(H,19,20). The van der Waals surface area contributed by atoms with Crippen LogP contribution in [0.4, 0.5) is 5.82 Å². The van der Waals surface area contributed by atoms with E-state index in [-0.39, 0.29) is 5.54 Å². The summed E-state index contributed by atoms with van der Waals surface area (Å²) in [6.07, 6.45) is 1.78. The normalized spacial score (nSPS) is 11.3. The maximum atomic E-state index is 9.36. The van der Waals surface area contributed by atoms with Crippen molar-refractivity contribution >= 4 is 28.1 Å². The first-order valence-corrected chi connectivity index (χ1v) is 7.46. The molecule has 0 saturated carbocycles. The zero-order chi connectivity index (χ0) is 14.9. The lowest BCUT2D eigenvalue weighted by Crippen LogP contribution is -2.28. The Labute approximate surface area is 127 Å². The molecule has 4 nitrogen and oxygen atoms in total. The number of thiazole rings is 1. The summed E-state index contributed by atoms with van der Waals surface area (Å²) in [4.78, 5) is 8.93. The fourth-order valence-corrected chi connectivity index (χ4v) is 2.90. The van der Waals surface area contributed by atoms with Crippen molar-refractivity contribution in [2.24, 2.45) is 0 Å². The van der Waals surface area contributed by atoms with Gasteiger partial charge in [-0.3, -0.25) is 0 Å². The van der Waals surface area contributed by atoms with Crippen molar-refractivity contribution in [1.82, 2.24) is 9.97 Å². The molecule has 0 spiro atoms. The molecule has 0 amide bonds. The van der Waals surface area contributed by atoms with Crippen molar-refractivity contribution in [3.05, 3.63) is 52.5 Å². The second-order valence-corrected chi connectivity index (χ2v) is 6.17. The van der Waals surface area contributed by atoms with Crippen molar-refractivity contribution in [2.75, 3.05) is 5.32 Å². The summed E-state index contributed by atoms with van der Waals surface area (Å²) >= 11 is 1.58. The van der Waals surface area contributed by atoms with E-state index in [9.17, 15) is 5.26 Å². The third kappa shape index (κ3) is 2.58. The van der Waals surface area contributed by atoms with Crippen LogP contribution in [0.2, 0.25) is 0 Å². The van der Waals surface area contributed by atoms with E-state index in [2.05, 4.69) is 21.4 Å². The zero-order valence-corrected chi connectivity index (χ0v) is 12.6. The van der Waals surface area contributed by atoms with Gasteiger partial charge in [-0.2, -0.15) is 5.26 Å². The summed E-state index contributed by atoms with van der Waals surface area (Å²) in [6.45, 7) is 4.06. The zero-order valence-electron chi connectivity index (χ0n) is 11.8. The Balaban J connectivity index is 2.06. The van der Waals surface area contributed by atoms with Gasteiger partial charge in [-0.1, -0.05) is 18.2 Å². The van der Waals surface area contributed by atoms with Gasteiger partial charge >= 0.3 is 0 Å². The van der Waals surface area contributed by atoms with Crippen LogP contribution in [-0.4, -0.2) is 9.97 Å². The Bertz CT molecular complexity index is 816. The van der Waals surface area contributed by atoms with E-state index in [1.54, 1.807) is 17.5 Å². The third-order valence-electron chi connectivity index (χ3n) is 3.24. The van der Waals surface area contributed by atoms with Crippen LogP contribution in [0.25, 0.3) is 10.9 Å². The van der Waals surface area contributed by atoms with Gasteiger partial charge in [0, 0.05) is 17.0 Å². The van der Waals surface area contributed by atoms with Gasteiger partial charge in [0.2, 0.25) is 0 Å². The molecule has 1 N–H and O–H groups in total. The molecule has 3 rings (SSSR count). The summed E-state index contributed by atoms with van der Waals surface area (Å²) in [5.74, 6) is 0.594. The quantitative estimate of drug-likeness (QED) is 0.795. The first-order valence-electron chi connectivity index (χ1n) is 6.58. The molecule has 0 atom stereocenters. The fraction of sp³-hybridized carbons (Fsp3) is 0.188. The lowest BCUT2D eigenvalue weighted by molar-refractivity contribution is 0.601. The minimum Gasteiger partial charge on any atom is -0.358 e. The van der Waals surface area contributed by atoms with Crippen LogP contribution in [-0.2, 0) is 5.54 Å². The van der Waals surface area contributed by atoms with Crippen molar-refractivity contribution < 1.29 is 0 Å². The number of anilines is 1. The average molecular weight is 294 g/mol. The topological polar surface area (TPSA) is 61.6 Å². The molecule has 0 fully saturated rings. The summed E-state index contributed by atoms with van der Waals surface area (Å²) < 4.78 is 0. The lowest BCUT2D eigenvalue weighted by Gasteiger charge is -2.25. The Hall–Kier alpha value is -2.45. The molecule has 2 aromatic heterocycles. The van der Waals surface area contributed by atoms with Crippen LogP contribution in [0.15, 0.2) is 41.9 Å². The van der Waals surface area contributed by atoms with Gasteiger partial charge in [-0.25, -0.2) is 9.97 Å². The largest absolute Gasteiger partial charge is 0.358 e. The van der Waals surface area contributed by atoms with Gasteiger partial charge < -0.3 is 5.32 Å². The van der Waals surface area contributed by atoms with Crippen LogP contribution < -0.4 is 5.32 Å². The smallest absolute Gasteiger partial charge is 0.145 e. The summed E-state index contributed by atoms with van der Waals surface area (Å²) in [5.41, 5.74) is 1.03. The number of rotatable bonds is 3. The highest BCUT2D eigenvalue weighted by atomic mass is 32.1. The van der Waals surface area contributed by atoms with E-state index < -0.39 is 0 Å². The third-order valence-corrected chi connectivity index (χ3v) is 4.34. The van der Waals surface area contributed by atoms with Gasteiger partial charge in [-0.15, -0.1) is 11.3 Å². The molecule has 3 aromatic rings. The van der Waals surface area contributed by atoms with Gasteiger partial charge in [0.1, 0.15) is 16.9 Å². The summed E-state index contributed by atoms with van der Waals surface area (Å²) in [6, 6.07) is 11.9. The lowest BCUT2D eigenvalue weighted by atomic mass is 10.1. The van der Waals surface area contributed by atoms with Gasteiger partial charge in [0.15, 0.2) is 0 Å². The highest BCUT2D eigenvalue weighted by Gasteiger charge is 2.25. The Morgan fingerprint density at radius 3 is 2.81 bits per heavy atom. The fourth-order valence-electron chi connectivity index (χ4n) is 2.18. The number of pyridine rings is 1. The second-order valence-electron chi connectivity index (χ2n) is 5.28. The van der Waals surface area contributed by atoms with Gasteiger partial charge in [0.05, 0.1) is 16.6 Å². The molecule has 1 aromatic carbocycles. The van der Waals surface area contributed by atoms with E-state index in [0.717, 1.165) is 15.9 Å². The van der Waals surface area contributed by atoms with Gasteiger partial charge in [0.25, 0.3) is 0 Å². The van der Waals surface area contributed by atoms with Crippen LogP contribution in [0.5, 0.6) is 0 Å². The van der Waals surface area contributed by atoms with E-state index in [0.29, 0.717) is 11.4 Å². The number of hydrogen-bond donors (Lipinski definition) is 1. The SMILES string of the molecule is CC(C)(Nc1nc2ccccc2cc1C#N)c1nccs1. The molecule has 0 bridgehead atoms. The molecule has 0 aliphatic heterocycles. The molecular weight excluding hydrogens is 280 g/mol. The summed E-state index contributed by atoms with van der Waals surface area (Å²) in [7, 11) is 0. The van der Waals surface area contributed by atoms with E-state index in [4.69, 9.17) is 0 Å². The molecule has 0 saturated heterocycles. The molecule has 2 heterocycles. The second kappa shape index (κ2) is 5.15. The Kier molecular flexibility index (Phi) is 3.32. The number of fused-ring (bicyclic) bond motifs is 1. The van der Waals surface area contributed by atoms with Crippen molar-refractivity contribution in [2.45, 2.75) is 19.4 Å². The average Bonchev–Trinajstić information content (AvgIpc) is 3.01. The number of hydrogen-bond acceptors (Lipinski definition) is 5. The van der Waals surface area contributed by atoms with Crippen molar-refractivity contribution in [3.8, 4) is 6.07 Å². The van der Waals surface area contributed by atoms with Crippen LogP contribution in [0.1, 0.15) is 24.4 Å². The van der Waals surface area contributed by atoms with E-state index in [1.165, 1.54) is 0 Å². The van der Waals surface area contributed by atoms with Crippen molar-refractivity contribution in [3.63, 3.8) is 0 Å². The number of benzene rings is 1. The maximum Gasteiger partial charge on any atom is 0.145 e. The van der Waals surface area contributed by atoms with E-state index >= 15 is 0 Å². The Morgan fingerprint density at radius 2 is 2.10 bits per heavy atom. The maximum absolute atomic E-state index is 9.36. The first kappa shape index (κ1) is 13.5. The number of nitrogens with zero attached hydrogens (tertiary/aromatic N) is 3. The molecular formula is C16H14N4S. The molecule has 0 unspecified atom stereocenters.